The maximum absolute atomic E-state index is 12.8. The van der Waals surface area contributed by atoms with E-state index in [9.17, 15) is 18.0 Å². The number of ether oxygens (including phenoxy) is 1. The number of alkyl halides is 3. The fourth-order valence-corrected chi connectivity index (χ4v) is 3.35. The third-order valence-electron chi connectivity index (χ3n) is 4.64. The number of para-hydroxylation sites is 1. The SMILES string of the molecule is Cc1cc(C(=O)CN2CCOCc3ccccc32)c(C)n1CC(F)(F)F. The van der Waals surface area contributed by atoms with Gasteiger partial charge in [0.2, 0.25) is 0 Å². The van der Waals surface area contributed by atoms with E-state index in [4.69, 9.17) is 4.74 Å². The number of fused-ring (bicyclic) bond motifs is 1. The molecule has 2 heterocycles. The van der Waals surface area contributed by atoms with Crippen molar-refractivity contribution in [1.29, 1.82) is 0 Å². The van der Waals surface area contributed by atoms with Crippen molar-refractivity contribution in [3.8, 4) is 0 Å². The molecule has 0 bridgehead atoms. The molecule has 3 rings (SSSR count). The summed E-state index contributed by atoms with van der Waals surface area (Å²) in [5.41, 5.74) is 3.06. The Morgan fingerprint density at radius 2 is 1.96 bits per heavy atom. The summed E-state index contributed by atoms with van der Waals surface area (Å²) in [7, 11) is 0. The summed E-state index contributed by atoms with van der Waals surface area (Å²) in [4.78, 5) is 14.7. The second kappa shape index (κ2) is 7.15. The summed E-state index contributed by atoms with van der Waals surface area (Å²) in [6.45, 7) is 3.71. The van der Waals surface area contributed by atoms with Crippen LogP contribution in [0.4, 0.5) is 18.9 Å². The quantitative estimate of drug-likeness (QED) is 0.770. The number of aryl methyl sites for hydroxylation is 1. The van der Waals surface area contributed by atoms with Crippen molar-refractivity contribution < 1.29 is 22.7 Å². The highest BCUT2D eigenvalue weighted by Gasteiger charge is 2.30. The minimum atomic E-state index is -4.32. The second-order valence-electron chi connectivity index (χ2n) is 6.51. The Labute approximate surface area is 150 Å². The van der Waals surface area contributed by atoms with Crippen LogP contribution in [0.3, 0.4) is 0 Å². The van der Waals surface area contributed by atoms with Crippen LogP contribution >= 0.6 is 0 Å². The number of hydrogen-bond donors (Lipinski definition) is 0. The number of Topliss-reactive ketones (excluding diaryl/α,β-unsaturated/α-hetero) is 1. The molecule has 7 heteroatoms. The number of carbonyl (C=O) groups is 1. The van der Waals surface area contributed by atoms with Crippen molar-refractivity contribution in [2.75, 3.05) is 24.6 Å². The number of benzene rings is 1. The molecule has 0 amide bonds. The molecular formula is C19H21F3N2O2. The minimum Gasteiger partial charge on any atom is -0.375 e. The Morgan fingerprint density at radius 1 is 1.23 bits per heavy atom. The van der Waals surface area contributed by atoms with Crippen LogP contribution in [-0.2, 0) is 17.9 Å². The molecule has 140 valence electrons. The molecule has 0 N–H and O–H groups in total. The standard InChI is InChI=1S/C19H21F3N2O2/c1-13-9-16(14(2)24(13)12-19(20,21)22)18(25)10-23-7-8-26-11-15-5-3-4-6-17(15)23/h3-6,9H,7-8,10-12H2,1-2H3. The number of nitrogens with zero attached hydrogens (tertiary/aromatic N) is 2. The van der Waals surface area contributed by atoms with Crippen LogP contribution in [0.5, 0.6) is 0 Å². The fraction of sp³-hybridized carbons (Fsp3) is 0.421. The smallest absolute Gasteiger partial charge is 0.375 e. The maximum atomic E-state index is 12.8. The summed E-state index contributed by atoms with van der Waals surface area (Å²) in [5, 5.41) is 0. The lowest BCUT2D eigenvalue weighted by atomic mass is 10.1. The maximum Gasteiger partial charge on any atom is 0.406 e. The Balaban J connectivity index is 1.84. The largest absolute Gasteiger partial charge is 0.406 e. The molecule has 26 heavy (non-hydrogen) atoms. The van der Waals surface area contributed by atoms with Gasteiger partial charge in [-0.25, -0.2) is 0 Å². The molecule has 0 unspecified atom stereocenters. The lowest BCUT2D eigenvalue weighted by molar-refractivity contribution is -0.141. The normalized spacial score (nSPS) is 14.9. The predicted octanol–water partition coefficient (Wildman–Crippen LogP) is 3.89. The third kappa shape index (κ3) is 3.93. The molecule has 1 aromatic heterocycles. The van der Waals surface area contributed by atoms with Gasteiger partial charge in [-0.3, -0.25) is 4.79 Å². The number of hydrogen-bond acceptors (Lipinski definition) is 3. The van der Waals surface area contributed by atoms with E-state index in [1.165, 1.54) is 0 Å². The lowest BCUT2D eigenvalue weighted by Crippen LogP contribution is -2.32. The van der Waals surface area contributed by atoms with E-state index >= 15 is 0 Å². The molecule has 0 saturated carbocycles. The van der Waals surface area contributed by atoms with Crippen molar-refractivity contribution in [3.05, 3.63) is 52.8 Å². The summed E-state index contributed by atoms with van der Waals surface area (Å²) in [6, 6.07) is 9.25. The highest BCUT2D eigenvalue weighted by atomic mass is 19.4. The molecule has 0 saturated heterocycles. The van der Waals surface area contributed by atoms with E-state index in [1.807, 2.05) is 29.2 Å². The summed E-state index contributed by atoms with van der Waals surface area (Å²) in [5.74, 6) is -0.191. The number of rotatable bonds is 4. The predicted molar refractivity (Wildman–Crippen MR) is 92.6 cm³/mol. The van der Waals surface area contributed by atoms with Crippen molar-refractivity contribution in [2.24, 2.45) is 0 Å². The van der Waals surface area contributed by atoms with Crippen molar-refractivity contribution in [3.63, 3.8) is 0 Å². The van der Waals surface area contributed by atoms with Gasteiger partial charge in [0.1, 0.15) is 6.54 Å². The molecule has 0 aliphatic carbocycles. The van der Waals surface area contributed by atoms with Gasteiger partial charge < -0.3 is 14.2 Å². The fourth-order valence-electron chi connectivity index (χ4n) is 3.35. The van der Waals surface area contributed by atoms with Crippen molar-refractivity contribution in [2.45, 2.75) is 33.2 Å². The molecule has 2 aromatic rings. The van der Waals surface area contributed by atoms with Crippen LogP contribution in [0.1, 0.15) is 27.3 Å². The van der Waals surface area contributed by atoms with E-state index in [1.54, 1.807) is 19.9 Å². The summed E-state index contributed by atoms with van der Waals surface area (Å²) in [6.07, 6.45) is -4.32. The first kappa shape index (κ1) is 18.5. The molecule has 0 fully saturated rings. The summed E-state index contributed by atoms with van der Waals surface area (Å²) >= 11 is 0. The van der Waals surface area contributed by atoms with Gasteiger partial charge in [-0.2, -0.15) is 13.2 Å². The lowest BCUT2D eigenvalue weighted by Gasteiger charge is -2.23. The monoisotopic (exact) mass is 366 g/mol. The minimum absolute atomic E-state index is 0.108. The van der Waals surface area contributed by atoms with Gasteiger partial charge in [0.15, 0.2) is 5.78 Å². The average molecular weight is 366 g/mol. The number of halogens is 3. The molecule has 0 radical (unpaired) electrons. The third-order valence-corrected chi connectivity index (χ3v) is 4.64. The van der Waals surface area contributed by atoms with Gasteiger partial charge in [-0.05, 0) is 26.0 Å². The summed E-state index contributed by atoms with van der Waals surface area (Å²) < 4.78 is 45.0. The first-order valence-corrected chi connectivity index (χ1v) is 8.43. The van der Waals surface area contributed by atoms with E-state index < -0.39 is 12.7 Å². The van der Waals surface area contributed by atoms with E-state index in [0.29, 0.717) is 36.7 Å². The van der Waals surface area contributed by atoms with Gasteiger partial charge in [0.05, 0.1) is 19.8 Å². The van der Waals surface area contributed by atoms with Crippen LogP contribution in [0.2, 0.25) is 0 Å². The van der Waals surface area contributed by atoms with Gasteiger partial charge in [0, 0.05) is 34.7 Å². The van der Waals surface area contributed by atoms with Gasteiger partial charge >= 0.3 is 6.18 Å². The molecule has 1 aliphatic rings. The Kier molecular flexibility index (Phi) is 5.09. The number of anilines is 1. The highest BCUT2D eigenvalue weighted by molar-refractivity contribution is 6.00. The van der Waals surface area contributed by atoms with Crippen LogP contribution in [0, 0.1) is 13.8 Å². The van der Waals surface area contributed by atoms with Crippen molar-refractivity contribution >= 4 is 11.5 Å². The molecule has 0 atom stereocenters. The Bertz CT molecular complexity index is 812. The van der Waals surface area contributed by atoms with Gasteiger partial charge in [-0.15, -0.1) is 0 Å². The molecule has 1 aromatic carbocycles. The zero-order valence-corrected chi connectivity index (χ0v) is 14.8. The molecule has 1 aliphatic heterocycles. The average Bonchev–Trinajstić information content (AvgIpc) is 2.74. The Hall–Kier alpha value is -2.28. The zero-order chi connectivity index (χ0) is 18.9. The number of ketones is 1. The molecule has 0 spiro atoms. The van der Waals surface area contributed by atoms with Gasteiger partial charge in [-0.1, -0.05) is 18.2 Å². The van der Waals surface area contributed by atoms with E-state index in [-0.39, 0.29) is 12.3 Å². The topological polar surface area (TPSA) is 34.5 Å². The first-order valence-electron chi connectivity index (χ1n) is 8.43. The number of carbonyl (C=O) groups excluding carboxylic acids is 1. The van der Waals surface area contributed by atoms with Crippen LogP contribution < -0.4 is 4.90 Å². The van der Waals surface area contributed by atoms with Crippen LogP contribution in [0.25, 0.3) is 0 Å². The van der Waals surface area contributed by atoms with Crippen LogP contribution in [0.15, 0.2) is 30.3 Å². The molecular weight excluding hydrogens is 345 g/mol. The second-order valence-corrected chi connectivity index (χ2v) is 6.51. The number of aromatic nitrogens is 1. The van der Waals surface area contributed by atoms with Crippen molar-refractivity contribution in [1.82, 2.24) is 4.57 Å². The first-order chi connectivity index (χ1) is 12.3. The van der Waals surface area contributed by atoms with E-state index in [0.717, 1.165) is 15.8 Å². The van der Waals surface area contributed by atoms with Gasteiger partial charge in [0.25, 0.3) is 0 Å². The zero-order valence-electron chi connectivity index (χ0n) is 14.8. The van der Waals surface area contributed by atoms with Crippen LogP contribution in [-0.4, -0.2) is 36.2 Å². The Morgan fingerprint density at radius 3 is 2.69 bits per heavy atom. The molecule has 4 nitrogen and oxygen atoms in total. The highest BCUT2D eigenvalue weighted by Crippen LogP contribution is 2.26. The van der Waals surface area contributed by atoms with E-state index in [2.05, 4.69) is 0 Å².